The Morgan fingerprint density at radius 3 is 1.46 bits per heavy atom. The van der Waals surface area contributed by atoms with Crippen LogP contribution < -0.4 is 14.8 Å². The Labute approximate surface area is 287 Å². The van der Waals surface area contributed by atoms with Gasteiger partial charge < -0.3 is 53.1 Å². The van der Waals surface area contributed by atoms with Crippen molar-refractivity contribution in [3.63, 3.8) is 0 Å². The molecule has 0 saturated carbocycles. The molecule has 1 rings (SSSR count). The first-order valence-corrected chi connectivity index (χ1v) is 17.6. The van der Waals surface area contributed by atoms with Crippen molar-refractivity contribution >= 4 is 12.1 Å². The van der Waals surface area contributed by atoms with Gasteiger partial charge in [-0.3, -0.25) is 0 Å². The van der Waals surface area contributed by atoms with Crippen molar-refractivity contribution in [3.8, 4) is 11.5 Å². The fourth-order valence-corrected chi connectivity index (χ4v) is 4.24. The van der Waals surface area contributed by atoms with E-state index in [1.807, 2.05) is 0 Å². The molecule has 278 valence electrons. The number of carbonyl (C=O) groups excluding carboxylic acids is 1. The van der Waals surface area contributed by atoms with E-state index in [1.165, 1.54) is 57.8 Å². The third-order valence-electron chi connectivity index (χ3n) is 6.77. The molecular weight excluding hydrogens is 626 g/mol. The highest BCUT2D eigenvalue weighted by molar-refractivity contribution is 5.70. The van der Waals surface area contributed by atoms with Gasteiger partial charge in [-0.1, -0.05) is 64.7 Å². The van der Waals surface area contributed by atoms with Gasteiger partial charge in [-0.2, -0.15) is 0 Å². The van der Waals surface area contributed by atoms with E-state index in [4.69, 9.17) is 47.7 Å². The monoisotopic (exact) mass is 687 g/mol. The number of benzene rings is 1. The zero-order valence-electron chi connectivity index (χ0n) is 29.1. The molecule has 0 aliphatic rings. The summed E-state index contributed by atoms with van der Waals surface area (Å²) in [5, 5.41) is 11.1. The Balaban J connectivity index is 1.84. The van der Waals surface area contributed by atoms with Crippen molar-refractivity contribution in [2.75, 3.05) is 106 Å². The SMILES string of the molecule is CCCCCCCCCCCCOCCOCCOCCOc1ccc(OC(=O)NCCOCCOCCOCCOCC(=O)O)cc1. The van der Waals surface area contributed by atoms with Crippen LogP contribution in [0.1, 0.15) is 71.1 Å². The van der Waals surface area contributed by atoms with Crippen molar-refractivity contribution in [2.45, 2.75) is 71.1 Å². The number of unbranched alkanes of at least 4 members (excludes halogenated alkanes) is 9. The van der Waals surface area contributed by atoms with Gasteiger partial charge in [0.1, 0.15) is 24.7 Å². The lowest BCUT2D eigenvalue weighted by atomic mass is 10.1. The third kappa shape index (κ3) is 30.8. The van der Waals surface area contributed by atoms with E-state index in [-0.39, 0.29) is 19.8 Å². The molecule has 0 unspecified atom stereocenters. The first-order chi connectivity index (χ1) is 23.6. The predicted molar refractivity (Wildman–Crippen MR) is 181 cm³/mol. The van der Waals surface area contributed by atoms with E-state index in [0.29, 0.717) is 90.8 Å². The van der Waals surface area contributed by atoms with Crippen LogP contribution in [0, 0.1) is 0 Å². The molecule has 13 nitrogen and oxygen atoms in total. The van der Waals surface area contributed by atoms with Gasteiger partial charge >= 0.3 is 12.1 Å². The summed E-state index contributed by atoms with van der Waals surface area (Å²) in [5.41, 5.74) is 0. The van der Waals surface area contributed by atoms with Gasteiger partial charge in [0.15, 0.2) is 0 Å². The molecule has 0 fully saturated rings. The van der Waals surface area contributed by atoms with Crippen LogP contribution >= 0.6 is 0 Å². The minimum absolute atomic E-state index is 0.217. The molecule has 0 radical (unpaired) electrons. The lowest BCUT2D eigenvalue weighted by Gasteiger charge is -2.10. The van der Waals surface area contributed by atoms with Gasteiger partial charge in [-0.05, 0) is 30.7 Å². The van der Waals surface area contributed by atoms with Crippen molar-refractivity contribution in [1.82, 2.24) is 5.32 Å². The molecule has 1 aromatic rings. The number of amides is 1. The van der Waals surface area contributed by atoms with Gasteiger partial charge in [-0.15, -0.1) is 0 Å². The summed E-state index contributed by atoms with van der Waals surface area (Å²) in [6, 6.07) is 6.76. The number of carboxylic acid groups (broad SMARTS) is 1. The van der Waals surface area contributed by atoms with Crippen LogP contribution in [0.4, 0.5) is 4.79 Å². The molecule has 0 heterocycles. The Morgan fingerprint density at radius 2 is 0.938 bits per heavy atom. The molecule has 0 spiro atoms. The number of rotatable bonds is 36. The molecule has 1 amide bonds. The normalized spacial score (nSPS) is 11.1. The predicted octanol–water partition coefficient (Wildman–Crippen LogP) is 5.28. The minimum atomic E-state index is -1.01. The number of nitrogens with one attached hydrogen (secondary N) is 1. The van der Waals surface area contributed by atoms with E-state index in [1.54, 1.807) is 24.3 Å². The van der Waals surface area contributed by atoms with E-state index >= 15 is 0 Å². The Bertz CT molecular complexity index is 858. The lowest BCUT2D eigenvalue weighted by Crippen LogP contribution is -2.30. The first-order valence-electron chi connectivity index (χ1n) is 17.6. The van der Waals surface area contributed by atoms with Crippen LogP contribution in [0.2, 0.25) is 0 Å². The highest BCUT2D eigenvalue weighted by Gasteiger charge is 2.05. The number of hydrogen-bond acceptors (Lipinski definition) is 11. The van der Waals surface area contributed by atoms with Gasteiger partial charge in [-0.25, -0.2) is 9.59 Å². The van der Waals surface area contributed by atoms with Gasteiger partial charge in [0, 0.05) is 13.2 Å². The fraction of sp³-hybridized carbons (Fsp3) is 0.771. The maximum atomic E-state index is 12.0. The average molecular weight is 688 g/mol. The Kier molecular flexibility index (Phi) is 31.1. The zero-order chi connectivity index (χ0) is 34.6. The fourth-order valence-electron chi connectivity index (χ4n) is 4.24. The molecule has 0 saturated heterocycles. The second-order valence-electron chi connectivity index (χ2n) is 10.9. The zero-order valence-corrected chi connectivity index (χ0v) is 29.1. The summed E-state index contributed by atoms with van der Waals surface area (Å²) in [6.45, 7) is 8.39. The summed E-state index contributed by atoms with van der Waals surface area (Å²) < 4.78 is 48.5. The van der Waals surface area contributed by atoms with Crippen LogP contribution in [-0.4, -0.2) is 123 Å². The maximum absolute atomic E-state index is 12.0. The van der Waals surface area contributed by atoms with Crippen LogP contribution in [-0.2, 0) is 38.0 Å². The standard InChI is InChI=1S/C35H61NO12/c1-2-3-4-5-6-7-8-9-10-11-17-40-19-21-42-25-26-45-29-30-47-32-12-14-33(15-13-32)48-35(39)36-16-18-41-20-22-43-23-24-44-27-28-46-31-34(37)38/h12-15H,2-11,16-31H2,1H3,(H,36,39)(H,37,38). The summed E-state index contributed by atoms with van der Waals surface area (Å²) >= 11 is 0. The van der Waals surface area contributed by atoms with Crippen LogP contribution in [0.3, 0.4) is 0 Å². The molecule has 0 bridgehead atoms. The van der Waals surface area contributed by atoms with Crippen LogP contribution in [0.5, 0.6) is 11.5 Å². The van der Waals surface area contributed by atoms with Gasteiger partial charge in [0.05, 0.1) is 79.3 Å². The highest BCUT2D eigenvalue weighted by Crippen LogP contribution is 2.17. The number of ether oxygens (including phenoxy) is 9. The molecule has 13 heteroatoms. The third-order valence-corrected chi connectivity index (χ3v) is 6.77. The van der Waals surface area contributed by atoms with E-state index in [0.717, 1.165) is 13.0 Å². The largest absolute Gasteiger partial charge is 0.491 e. The van der Waals surface area contributed by atoms with Crippen molar-refractivity contribution < 1.29 is 57.3 Å². The van der Waals surface area contributed by atoms with E-state index < -0.39 is 12.1 Å². The van der Waals surface area contributed by atoms with E-state index in [9.17, 15) is 9.59 Å². The number of aliphatic carboxylic acids is 1. The Morgan fingerprint density at radius 1 is 0.521 bits per heavy atom. The summed E-state index contributed by atoms with van der Waals surface area (Å²) in [6.07, 6.45) is 12.7. The second-order valence-corrected chi connectivity index (χ2v) is 10.9. The number of hydrogen-bond donors (Lipinski definition) is 2. The lowest BCUT2D eigenvalue weighted by molar-refractivity contribution is -0.142. The van der Waals surface area contributed by atoms with Crippen LogP contribution in [0.15, 0.2) is 24.3 Å². The van der Waals surface area contributed by atoms with Gasteiger partial charge in [0.2, 0.25) is 0 Å². The number of carboxylic acids is 1. The van der Waals surface area contributed by atoms with Crippen molar-refractivity contribution in [2.24, 2.45) is 0 Å². The van der Waals surface area contributed by atoms with E-state index in [2.05, 4.69) is 12.2 Å². The molecule has 0 atom stereocenters. The Hall–Kier alpha value is -2.52. The second kappa shape index (κ2) is 34.3. The summed E-state index contributed by atoms with van der Waals surface area (Å²) in [4.78, 5) is 22.3. The maximum Gasteiger partial charge on any atom is 0.412 e. The molecule has 0 aliphatic carbocycles. The molecule has 48 heavy (non-hydrogen) atoms. The molecule has 2 N–H and O–H groups in total. The molecule has 0 aromatic heterocycles. The number of carbonyl (C=O) groups is 2. The first kappa shape index (κ1) is 43.5. The molecule has 1 aromatic carbocycles. The van der Waals surface area contributed by atoms with Crippen molar-refractivity contribution in [3.05, 3.63) is 24.3 Å². The summed E-state index contributed by atoms with van der Waals surface area (Å²) in [5.74, 6) is 0.0308. The molecular formula is C35H61NO12. The smallest absolute Gasteiger partial charge is 0.412 e. The minimum Gasteiger partial charge on any atom is -0.491 e. The topological polar surface area (TPSA) is 149 Å². The van der Waals surface area contributed by atoms with Gasteiger partial charge in [0.25, 0.3) is 0 Å². The molecule has 0 aliphatic heterocycles. The van der Waals surface area contributed by atoms with Crippen molar-refractivity contribution in [1.29, 1.82) is 0 Å². The highest BCUT2D eigenvalue weighted by atomic mass is 16.6. The average Bonchev–Trinajstić information content (AvgIpc) is 3.08. The quantitative estimate of drug-likeness (QED) is 0.0885. The summed E-state index contributed by atoms with van der Waals surface area (Å²) in [7, 11) is 0. The van der Waals surface area contributed by atoms with Crippen LogP contribution in [0.25, 0.3) is 0 Å².